The van der Waals surface area contributed by atoms with Crippen molar-refractivity contribution in [2.24, 2.45) is 0 Å². The van der Waals surface area contributed by atoms with Crippen LogP contribution in [-0.4, -0.2) is 26.3 Å². The van der Waals surface area contributed by atoms with Gasteiger partial charge in [-0.2, -0.15) is 0 Å². The predicted molar refractivity (Wildman–Crippen MR) is 97.9 cm³/mol. The van der Waals surface area contributed by atoms with Crippen molar-refractivity contribution in [3.63, 3.8) is 0 Å². The minimum atomic E-state index is -2.99. The lowest BCUT2D eigenvalue weighted by molar-refractivity contribution is -0.136. The van der Waals surface area contributed by atoms with Gasteiger partial charge >= 0.3 is 13.6 Å². The molecule has 1 rings (SSSR count). The van der Waals surface area contributed by atoms with E-state index in [-0.39, 0.29) is 5.97 Å². The van der Waals surface area contributed by atoms with Crippen molar-refractivity contribution in [3.8, 4) is 0 Å². The molecule has 24 heavy (non-hydrogen) atoms. The van der Waals surface area contributed by atoms with Gasteiger partial charge in [-0.1, -0.05) is 43.5 Å². The van der Waals surface area contributed by atoms with Crippen molar-refractivity contribution in [3.05, 3.63) is 54.1 Å². The Balaban J connectivity index is 0.000000640. The van der Waals surface area contributed by atoms with E-state index in [9.17, 15) is 9.36 Å². The second-order valence-corrected chi connectivity index (χ2v) is 6.88. The number of benzene rings is 1. The number of hydrogen-bond acceptors (Lipinski definition) is 5. The summed E-state index contributed by atoms with van der Waals surface area (Å²) >= 11 is 0. The third-order valence-electron chi connectivity index (χ3n) is 2.78. The standard InChI is InChI=1S/C13H19O3P.C5H8O2/c1-4-12-7-9-13(10-8-12)11-17(14,15-5-2)16-6-3;1-4(2)5(6)7-3/h4,7-10H,1,5-6,11H2,2-3H3;1H2,2-3H3. The minimum Gasteiger partial charge on any atom is -0.466 e. The van der Waals surface area contributed by atoms with E-state index in [2.05, 4.69) is 17.9 Å². The van der Waals surface area contributed by atoms with Gasteiger partial charge in [-0.15, -0.1) is 0 Å². The fourth-order valence-corrected chi connectivity index (χ4v) is 3.38. The van der Waals surface area contributed by atoms with Gasteiger partial charge in [0, 0.05) is 5.57 Å². The summed E-state index contributed by atoms with van der Waals surface area (Å²) in [6.45, 7) is 13.0. The Hall–Kier alpha value is -1.68. The quantitative estimate of drug-likeness (QED) is 0.380. The molecule has 1 aromatic carbocycles. The predicted octanol–water partition coefficient (Wildman–Crippen LogP) is 4.83. The molecular formula is C18H27O5P. The van der Waals surface area contributed by atoms with Crippen LogP contribution in [0.25, 0.3) is 6.08 Å². The number of esters is 1. The molecule has 0 unspecified atom stereocenters. The Bertz CT molecular complexity index is 568. The van der Waals surface area contributed by atoms with Crippen molar-refractivity contribution in [1.82, 2.24) is 0 Å². The Morgan fingerprint density at radius 1 is 1.17 bits per heavy atom. The van der Waals surface area contributed by atoms with Crippen LogP contribution < -0.4 is 0 Å². The molecule has 0 radical (unpaired) electrons. The summed E-state index contributed by atoms with van der Waals surface area (Å²) in [6.07, 6.45) is 2.08. The minimum absolute atomic E-state index is 0.312. The molecule has 0 aliphatic rings. The zero-order valence-corrected chi connectivity index (χ0v) is 15.8. The molecule has 0 spiro atoms. The smallest absolute Gasteiger partial charge is 0.335 e. The van der Waals surface area contributed by atoms with Crippen LogP contribution in [0, 0.1) is 0 Å². The third kappa shape index (κ3) is 8.82. The second kappa shape index (κ2) is 11.8. The lowest BCUT2D eigenvalue weighted by Gasteiger charge is -2.16. The highest BCUT2D eigenvalue weighted by atomic mass is 31.2. The van der Waals surface area contributed by atoms with E-state index in [0.29, 0.717) is 24.9 Å². The van der Waals surface area contributed by atoms with E-state index >= 15 is 0 Å². The molecular weight excluding hydrogens is 327 g/mol. The average molecular weight is 354 g/mol. The molecule has 0 N–H and O–H groups in total. The summed E-state index contributed by atoms with van der Waals surface area (Å²) in [7, 11) is -1.66. The normalized spacial score (nSPS) is 10.3. The van der Waals surface area contributed by atoms with Crippen LogP contribution in [0.1, 0.15) is 31.9 Å². The van der Waals surface area contributed by atoms with Crippen LogP contribution >= 0.6 is 7.60 Å². The highest BCUT2D eigenvalue weighted by Crippen LogP contribution is 2.51. The van der Waals surface area contributed by atoms with Gasteiger partial charge < -0.3 is 13.8 Å². The largest absolute Gasteiger partial charge is 0.466 e. The maximum absolute atomic E-state index is 12.3. The molecule has 1 aromatic rings. The second-order valence-electron chi connectivity index (χ2n) is 4.82. The van der Waals surface area contributed by atoms with E-state index in [4.69, 9.17) is 9.05 Å². The van der Waals surface area contributed by atoms with Gasteiger partial charge in [-0.3, -0.25) is 4.57 Å². The molecule has 0 aliphatic carbocycles. The van der Waals surface area contributed by atoms with E-state index in [0.717, 1.165) is 11.1 Å². The summed E-state index contributed by atoms with van der Waals surface area (Å²) < 4.78 is 27.0. The van der Waals surface area contributed by atoms with Gasteiger partial charge in [0.1, 0.15) is 0 Å². The van der Waals surface area contributed by atoms with Crippen LogP contribution in [0.15, 0.2) is 43.0 Å². The Morgan fingerprint density at radius 2 is 1.67 bits per heavy atom. The highest BCUT2D eigenvalue weighted by molar-refractivity contribution is 7.53. The van der Waals surface area contributed by atoms with Gasteiger partial charge in [0.2, 0.25) is 0 Å². The average Bonchev–Trinajstić information content (AvgIpc) is 2.55. The van der Waals surface area contributed by atoms with Crippen molar-refractivity contribution in [2.75, 3.05) is 20.3 Å². The first-order chi connectivity index (χ1) is 11.3. The van der Waals surface area contributed by atoms with Crippen LogP contribution in [-0.2, 0) is 29.3 Å². The summed E-state index contributed by atoms with van der Waals surface area (Å²) in [6, 6.07) is 7.71. The summed E-state index contributed by atoms with van der Waals surface area (Å²) in [5.41, 5.74) is 2.42. The Morgan fingerprint density at radius 3 is 1.96 bits per heavy atom. The molecule has 0 aliphatic heterocycles. The monoisotopic (exact) mass is 354 g/mol. The first-order valence-electron chi connectivity index (χ1n) is 7.65. The molecule has 0 saturated heterocycles. The molecule has 134 valence electrons. The number of ether oxygens (including phenoxy) is 1. The van der Waals surface area contributed by atoms with Gasteiger partial charge in [0.15, 0.2) is 0 Å². The SMILES string of the molecule is C=C(C)C(=O)OC.C=Cc1ccc(CP(=O)(OCC)OCC)cc1. The number of methoxy groups -OCH3 is 1. The zero-order valence-electron chi connectivity index (χ0n) is 14.9. The molecule has 0 saturated carbocycles. The summed E-state index contributed by atoms with van der Waals surface area (Å²) in [4.78, 5) is 10.2. The van der Waals surface area contributed by atoms with Crippen molar-refractivity contribution < 1.29 is 23.1 Å². The van der Waals surface area contributed by atoms with Gasteiger partial charge in [-0.25, -0.2) is 4.79 Å². The van der Waals surface area contributed by atoms with E-state index < -0.39 is 7.60 Å². The maximum Gasteiger partial charge on any atom is 0.335 e. The van der Waals surface area contributed by atoms with Crippen molar-refractivity contribution >= 4 is 19.6 Å². The van der Waals surface area contributed by atoms with Crippen LogP contribution in [0.2, 0.25) is 0 Å². The number of carbonyl (C=O) groups is 1. The van der Waals surface area contributed by atoms with Crippen LogP contribution in [0.5, 0.6) is 0 Å². The topological polar surface area (TPSA) is 61.8 Å². The van der Waals surface area contributed by atoms with E-state index in [1.165, 1.54) is 7.11 Å². The molecule has 0 heterocycles. The van der Waals surface area contributed by atoms with Crippen LogP contribution in [0.4, 0.5) is 0 Å². The van der Waals surface area contributed by atoms with Gasteiger partial charge in [0.25, 0.3) is 0 Å². The van der Waals surface area contributed by atoms with Crippen LogP contribution in [0.3, 0.4) is 0 Å². The highest BCUT2D eigenvalue weighted by Gasteiger charge is 2.23. The molecule has 6 heteroatoms. The van der Waals surface area contributed by atoms with Gasteiger partial charge in [-0.05, 0) is 31.9 Å². The third-order valence-corrected chi connectivity index (χ3v) is 4.83. The Labute approximate surface area is 144 Å². The number of rotatable bonds is 8. The molecule has 0 fully saturated rings. The lowest BCUT2D eigenvalue weighted by atomic mass is 10.1. The van der Waals surface area contributed by atoms with Crippen molar-refractivity contribution in [2.45, 2.75) is 26.9 Å². The molecule has 5 nitrogen and oxygen atoms in total. The summed E-state index contributed by atoms with van der Waals surface area (Å²) in [5.74, 6) is -0.347. The summed E-state index contributed by atoms with van der Waals surface area (Å²) in [5, 5.41) is 0. The van der Waals surface area contributed by atoms with Gasteiger partial charge in [0.05, 0.1) is 26.5 Å². The lowest BCUT2D eigenvalue weighted by Crippen LogP contribution is -1.99. The van der Waals surface area contributed by atoms with E-state index in [1.807, 2.05) is 38.1 Å². The zero-order chi connectivity index (χ0) is 18.6. The molecule has 0 atom stereocenters. The maximum atomic E-state index is 12.3. The fourth-order valence-electron chi connectivity index (χ4n) is 1.68. The molecule has 0 amide bonds. The van der Waals surface area contributed by atoms with E-state index in [1.54, 1.807) is 13.0 Å². The molecule has 0 aromatic heterocycles. The first-order valence-corrected chi connectivity index (χ1v) is 9.38. The number of carbonyl (C=O) groups excluding carboxylic acids is 1. The Kier molecular flexibility index (Phi) is 11.0. The fraction of sp³-hybridized carbons (Fsp3) is 0.389. The molecule has 0 bridgehead atoms. The van der Waals surface area contributed by atoms with Crippen molar-refractivity contribution in [1.29, 1.82) is 0 Å². The number of hydrogen-bond donors (Lipinski definition) is 0. The first kappa shape index (κ1) is 22.3.